The molecule has 12 nitrogen and oxygen atoms in total. The zero-order valence-electron chi connectivity index (χ0n) is 25.5. The molecule has 0 N–H and O–H groups in total. The Balaban J connectivity index is 1.23. The van der Waals surface area contributed by atoms with E-state index in [1.165, 1.54) is 10.7 Å². The average molecular weight is 632 g/mol. The summed E-state index contributed by atoms with van der Waals surface area (Å²) in [5, 5.41) is 3.95. The molecule has 0 saturated heterocycles. The lowest BCUT2D eigenvalue weighted by atomic mass is 10.2. The number of nitrogens with zero attached hydrogens (tertiary/aromatic N) is 9. The van der Waals surface area contributed by atoms with Crippen molar-refractivity contribution in [2.24, 2.45) is 0 Å². The van der Waals surface area contributed by atoms with Crippen molar-refractivity contribution in [3.8, 4) is 17.1 Å². The van der Waals surface area contributed by atoms with Crippen LogP contribution in [0.15, 0.2) is 67.4 Å². The van der Waals surface area contributed by atoms with E-state index in [4.69, 9.17) is 4.74 Å². The van der Waals surface area contributed by atoms with E-state index in [1.54, 1.807) is 52.0 Å². The maximum absolute atomic E-state index is 13.6. The van der Waals surface area contributed by atoms with Gasteiger partial charge < -0.3 is 19.1 Å². The second-order valence-corrected chi connectivity index (χ2v) is 11.2. The molecule has 14 heteroatoms. The van der Waals surface area contributed by atoms with Gasteiger partial charge in [0.1, 0.15) is 29.5 Å². The number of aryl methyl sites for hydroxylation is 1. The van der Waals surface area contributed by atoms with E-state index in [0.717, 1.165) is 11.4 Å². The zero-order chi connectivity index (χ0) is 32.0. The predicted molar refractivity (Wildman–Crippen MR) is 164 cm³/mol. The first-order chi connectivity index (χ1) is 22.4. The number of hydrogen-bond donors (Lipinski definition) is 0. The second-order valence-electron chi connectivity index (χ2n) is 11.2. The Morgan fingerprint density at radius 1 is 0.935 bits per heavy atom. The predicted octanol–water partition coefficient (Wildman–Crippen LogP) is 4.27. The third-order valence-corrected chi connectivity index (χ3v) is 7.97. The Kier molecular flexibility index (Phi) is 9.31. The van der Waals surface area contributed by atoms with Gasteiger partial charge in [0.25, 0.3) is 12.3 Å². The van der Waals surface area contributed by atoms with Gasteiger partial charge in [-0.3, -0.25) is 18.7 Å². The van der Waals surface area contributed by atoms with Crippen LogP contribution >= 0.6 is 0 Å². The molecule has 0 unspecified atom stereocenters. The van der Waals surface area contributed by atoms with Crippen molar-refractivity contribution in [3.63, 3.8) is 0 Å². The van der Waals surface area contributed by atoms with Crippen molar-refractivity contribution < 1.29 is 23.1 Å². The van der Waals surface area contributed by atoms with Crippen molar-refractivity contribution in [3.05, 3.63) is 84.5 Å². The summed E-state index contributed by atoms with van der Waals surface area (Å²) < 4.78 is 37.6. The molecular weight excluding hydrogens is 596 g/mol. The largest absolute Gasteiger partial charge is 0.494 e. The van der Waals surface area contributed by atoms with Crippen molar-refractivity contribution in [2.75, 3.05) is 32.8 Å². The van der Waals surface area contributed by atoms with Gasteiger partial charge in [0.05, 0.1) is 6.61 Å². The molecule has 0 fully saturated rings. The lowest BCUT2D eigenvalue weighted by Gasteiger charge is -2.25. The molecule has 1 aromatic carbocycles. The topological polar surface area (TPSA) is 116 Å². The second kappa shape index (κ2) is 13.9. The van der Waals surface area contributed by atoms with Crippen LogP contribution in [0.3, 0.4) is 0 Å². The first-order valence-corrected chi connectivity index (χ1v) is 15.3. The molecule has 6 rings (SSSR count). The highest BCUT2D eigenvalue weighted by Gasteiger charge is 2.22. The third-order valence-electron chi connectivity index (χ3n) is 7.97. The van der Waals surface area contributed by atoms with Crippen LogP contribution in [0.1, 0.15) is 47.6 Å². The number of halogens is 2. The first kappa shape index (κ1) is 30.9. The van der Waals surface area contributed by atoms with E-state index in [-0.39, 0.29) is 24.1 Å². The minimum Gasteiger partial charge on any atom is -0.494 e. The van der Waals surface area contributed by atoms with Crippen molar-refractivity contribution in [1.82, 2.24) is 43.5 Å². The summed E-state index contributed by atoms with van der Waals surface area (Å²) >= 11 is 0. The summed E-state index contributed by atoms with van der Waals surface area (Å²) in [7, 11) is 0. The number of aromatic nitrogens is 7. The molecule has 240 valence electrons. The summed E-state index contributed by atoms with van der Waals surface area (Å²) in [4.78, 5) is 43.9. The lowest BCUT2D eigenvalue weighted by molar-refractivity contribution is -0.132. The number of carbonyl (C=O) groups excluding carboxylic acids is 2. The Labute approximate surface area is 264 Å². The smallest absolute Gasteiger partial charge is 0.282 e. The highest BCUT2D eigenvalue weighted by atomic mass is 19.3. The Bertz CT molecular complexity index is 1780. The van der Waals surface area contributed by atoms with E-state index < -0.39 is 6.43 Å². The van der Waals surface area contributed by atoms with E-state index >= 15 is 0 Å². The summed E-state index contributed by atoms with van der Waals surface area (Å²) in [5.41, 5.74) is 1.31. The number of rotatable bonds is 4. The quantitative estimate of drug-likeness (QED) is 0.291. The fraction of sp³-hybridized carbons (Fsp3) is 0.375. The normalized spacial score (nSPS) is 15.0. The molecule has 1 aliphatic rings. The Morgan fingerprint density at radius 3 is 2.57 bits per heavy atom. The van der Waals surface area contributed by atoms with Crippen LogP contribution in [0.25, 0.3) is 17.2 Å². The Hall–Kier alpha value is -5.14. The van der Waals surface area contributed by atoms with E-state index in [1.807, 2.05) is 35.0 Å². The molecule has 4 aromatic heterocycles. The van der Waals surface area contributed by atoms with Crippen LogP contribution in [0, 0.1) is 6.92 Å². The molecule has 0 saturated carbocycles. The number of alkyl halides is 2. The van der Waals surface area contributed by atoms with E-state index in [0.29, 0.717) is 81.5 Å². The molecule has 2 bridgehead atoms. The lowest BCUT2D eigenvalue weighted by Crippen LogP contribution is -2.38. The van der Waals surface area contributed by atoms with Crippen LogP contribution < -0.4 is 4.74 Å². The third kappa shape index (κ3) is 7.05. The van der Waals surface area contributed by atoms with E-state index in [9.17, 15) is 18.4 Å². The molecule has 5 aromatic rings. The van der Waals surface area contributed by atoms with Crippen molar-refractivity contribution in [1.29, 1.82) is 0 Å². The van der Waals surface area contributed by atoms with Crippen molar-refractivity contribution in [2.45, 2.75) is 45.7 Å². The molecule has 0 radical (unpaired) electrons. The molecule has 5 heterocycles. The molecule has 0 atom stereocenters. The molecule has 2 amide bonds. The maximum atomic E-state index is 13.6. The molecular formula is C32H35F2N9O3. The molecule has 1 aliphatic heterocycles. The molecule has 46 heavy (non-hydrogen) atoms. The van der Waals surface area contributed by atoms with Crippen LogP contribution in [0.5, 0.6) is 5.75 Å². The molecule has 0 aliphatic carbocycles. The van der Waals surface area contributed by atoms with E-state index in [2.05, 4.69) is 20.1 Å². The van der Waals surface area contributed by atoms with Gasteiger partial charge in [-0.25, -0.2) is 23.7 Å². The zero-order valence-corrected chi connectivity index (χ0v) is 25.5. The first-order valence-electron chi connectivity index (χ1n) is 15.3. The van der Waals surface area contributed by atoms with Gasteiger partial charge in [-0.1, -0.05) is 12.1 Å². The number of imidazole rings is 2. The Morgan fingerprint density at radius 2 is 1.76 bits per heavy atom. The van der Waals surface area contributed by atoms with Crippen molar-refractivity contribution >= 4 is 17.6 Å². The fourth-order valence-electron chi connectivity index (χ4n) is 5.56. The number of fused-ring (bicyclic) bond motifs is 5. The molecule has 0 spiro atoms. The van der Waals surface area contributed by atoms with Crippen LogP contribution in [-0.2, 0) is 17.9 Å². The number of ether oxygens (including phenoxy) is 1. The summed E-state index contributed by atoms with van der Waals surface area (Å²) in [6, 6.07) is 10.7. The summed E-state index contributed by atoms with van der Waals surface area (Å²) in [5.74, 6) is 1.45. The average Bonchev–Trinajstić information content (AvgIpc) is 3.79. The minimum atomic E-state index is -2.71. The minimum absolute atomic E-state index is 0.152. The summed E-state index contributed by atoms with van der Waals surface area (Å²) in [6.07, 6.45) is 7.83. The van der Waals surface area contributed by atoms with Gasteiger partial charge in [-0.2, -0.15) is 5.10 Å². The number of hydrogen-bond acceptors (Lipinski definition) is 7. The van der Waals surface area contributed by atoms with Crippen LogP contribution in [-0.4, -0.2) is 88.1 Å². The van der Waals surface area contributed by atoms with Gasteiger partial charge in [-0.15, -0.1) is 0 Å². The highest BCUT2D eigenvalue weighted by Crippen LogP contribution is 2.23. The summed E-state index contributed by atoms with van der Waals surface area (Å²) in [6.45, 7) is 4.10. The van der Waals surface area contributed by atoms with Gasteiger partial charge in [0, 0.05) is 75.0 Å². The van der Waals surface area contributed by atoms with Gasteiger partial charge in [0.2, 0.25) is 11.7 Å². The fourth-order valence-corrected chi connectivity index (χ4v) is 5.56. The monoisotopic (exact) mass is 631 g/mol. The van der Waals surface area contributed by atoms with Gasteiger partial charge in [-0.05, 0) is 50.5 Å². The standard InChI is InChI=1S/C32H35F2N9O3/c1-23-19-26(29(33)34)38-43(23)22-28(44)39-11-2-3-12-41(31(45)27-21-42-13-5-9-36-32(42)37-27)14-6-18-46-25-8-4-7-24(20-25)30-35-10-15-40(30)17-16-39/h4-5,7-10,13,15,19-21,29H,2-3,6,11-12,14,16-18,22H2,1H3. The van der Waals surface area contributed by atoms with Crippen LogP contribution in [0.4, 0.5) is 8.78 Å². The number of amides is 2. The van der Waals surface area contributed by atoms with Gasteiger partial charge >= 0.3 is 0 Å². The van der Waals surface area contributed by atoms with Crippen LogP contribution in [0.2, 0.25) is 0 Å². The van der Waals surface area contributed by atoms with Gasteiger partial charge in [0.15, 0.2) is 0 Å². The number of carbonyl (C=O) groups is 2. The highest BCUT2D eigenvalue weighted by molar-refractivity contribution is 5.92. The SMILES string of the molecule is Cc1cc(C(F)F)nn1CC(=O)N1CCCCN(C(=O)c2cn3cccnc3n2)CCCOc2cccc(c2)-c2nccn2CC1. The maximum Gasteiger partial charge on any atom is 0.282 e. The number of benzene rings is 1.